The third-order valence-corrected chi connectivity index (χ3v) is 1.84. The molecule has 0 spiro atoms. The van der Waals surface area contributed by atoms with Crippen molar-refractivity contribution < 1.29 is 10.3 Å². The van der Waals surface area contributed by atoms with Gasteiger partial charge in [0.15, 0.2) is 5.84 Å². The van der Waals surface area contributed by atoms with Crippen LogP contribution in [0.3, 0.4) is 0 Å². The number of nitrogens with zero attached hydrogens (tertiary/aromatic N) is 1. The van der Waals surface area contributed by atoms with Crippen LogP contribution in [0.5, 0.6) is 5.75 Å². The third kappa shape index (κ3) is 1.68. The summed E-state index contributed by atoms with van der Waals surface area (Å²) in [6.45, 7) is 0. The summed E-state index contributed by atoms with van der Waals surface area (Å²) in [5.74, 6) is -0.139. The van der Waals surface area contributed by atoms with Crippen LogP contribution in [0.1, 0.15) is 5.56 Å². The molecule has 64 valence electrons. The molecule has 0 aliphatic rings. The van der Waals surface area contributed by atoms with Gasteiger partial charge in [0.2, 0.25) is 0 Å². The maximum atomic E-state index is 9.29. The molecule has 0 unspecified atom stereocenters. The van der Waals surface area contributed by atoms with Crippen LogP contribution in [0, 0.1) is 0 Å². The van der Waals surface area contributed by atoms with Gasteiger partial charge in [0, 0.05) is 4.47 Å². The Hall–Kier alpha value is -1.23. The molecule has 4 N–H and O–H groups in total. The standard InChI is InChI=1S/C7H7BrN2O2/c8-4-1-2-5(6(11)3-4)7(9)10-12/h1-3,11-12H,(H2,9,10). The van der Waals surface area contributed by atoms with E-state index in [1.807, 2.05) is 0 Å². The second-order valence-electron chi connectivity index (χ2n) is 2.15. The Morgan fingerprint density at radius 1 is 1.50 bits per heavy atom. The Morgan fingerprint density at radius 2 is 2.17 bits per heavy atom. The zero-order valence-corrected chi connectivity index (χ0v) is 7.62. The number of phenolic OH excluding ortho intramolecular Hbond substituents is 1. The van der Waals surface area contributed by atoms with E-state index in [4.69, 9.17) is 10.9 Å². The van der Waals surface area contributed by atoms with Gasteiger partial charge in [-0.3, -0.25) is 0 Å². The topological polar surface area (TPSA) is 78.8 Å². The molecule has 0 aliphatic carbocycles. The normalized spacial score (nSPS) is 11.6. The maximum absolute atomic E-state index is 9.29. The molecule has 0 fully saturated rings. The summed E-state index contributed by atoms with van der Waals surface area (Å²) in [4.78, 5) is 0. The van der Waals surface area contributed by atoms with E-state index in [9.17, 15) is 5.11 Å². The molecule has 0 aliphatic heterocycles. The van der Waals surface area contributed by atoms with Crippen molar-refractivity contribution in [2.45, 2.75) is 0 Å². The first-order valence-corrected chi connectivity index (χ1v) is 3.91. The molecule has 1 aromatic rings. The molecule has 4 nitrogen and oxygen atoms in total. The van der Waals surface area contributed by atoms with Crippen molar-refractivity contribution >= 4 is 21.8 Å². The smallest absolute Gasteiger partial charge is 0.173 e. The monoisotopic (exact) mass is 230 g/mol. The lowest BCUT2D eigenvalue weighted by molar-refractivity contribution is 0.318. The van der Waals surface area contributed by atoms with Crippen LogP contribution in [0.25, 0.3) is 0 Å². The maximum Gasteiger partial charge on any atom is 0.173 e. The van der Waals surface area contributed by atoms with Crippen LogP contribution >= 0.6 is 15.9 Å². The second-order valence-corrected chi connectivity index (χ2v) is 3.06. The molecule has 0 aromatic heterocycles. The number of oxime groups is 1. The minimum absolute atomic E-state index is 0.0281. The van der Waals surface area contributed by atoms with Gasteiger partial charge in [-0.25, -0.2) is 0 Å². The molecule has 0 atom stereocenters. The zero-order valence-electron chi connectivity index (χ0n) is 6.03. The van der Waals surface area contributed by atoms with E-state index >= 15 is 0 Å². The van der Waals surface area contributed by atoms with Crippen LogP contribution in [-0.4, -0.2) is 16.1 Å². The number of hydrogen-bond donors (Lipinski definition) is 3. The number of nitrogens with two attached hydrogens (primary N) is 1. The highest BCUT2D eigenvalue weighted by Crippen LogP contribution is 2.21. The molecule has 12 heavy (non-hydrogen) atoms. The van der Waals surface area contributed by atoms with Gasteiger partial charge in [-0.05, 0) is 18.2 Å². The minimum atomic E-state index is -0.111. The van der Waals surface area contributed by atoms with Crippen LogP contribution in [0.2, 0.25) is 0 Å². The van der Waals surface area contributed by atoms with E-state index in [2.05, 4.69) is 21.1 Å². The van der Waals surface area contributed by atoms with Crippen molar-refractivity contribution in [1.29, 1.82) is 0 Å². The zero-order chi connectivity index (χ0) is 9.14. The number of rotatable bonds is 1. The number of hydrogen-bond acceptors (Lipinski definition) is 3. The van der Waals surface area contributed by atoms with E-state index in [0.29, 0.717) is 5.56 Å². The van der Waals surface area contributed by atoms with Gasteiger partial charge >= 0.3 is 0 Å². The summed E-state index contributed by atoms with van der Waals surface area (Å²) in [7, 11) is 0. The first-order valence-electron chi connectivity index (χ1n) is 3.11. The van der Waals surface area contributed by atoms with E-state index in [0.717, 1.165) is 4.47 Å². The van der Waals surface area contributed by atoms with Gasteiger partial charge in [-0.15, -0.1) is 0 Å². The number of aromatic hydroxyl groups is 1. The minimum Gasteiger partial charge on any atom is -0.507 e. The van der Waals surface area contributed by atoms with Crippen molar-refractivity contribution in [3.05, 3.63) is 28.2 Å². The highest BCUT2D eigenvalue weighted by Gasteiger charge is 2.05. The molecule has 0 saturated carbocycles. The average molecular weight is 231 g/mol. The lowest BCUT2D eigenvalue weighted by Crippen LogP contribution is -2.12. The SMILES string of the molecule is N/C(=N\O)c1ccc(Br)cc1O. The third-order valence-electron chi connectivity index (χ3n) is 1.34. The first kappa shape index (κ1) is 8.86. The predicted octanol–water partition coefficient (Wildman–Crippen LogP) is 1.25. The van der Waals surface area contributed by atoms with Crippen LogP contribution < -0.4 is 5.73 Å². The van der Waals surface area contributed by atoms with Gasteiger partial charge < -0.3 is 16.0 Å². The molecule has 0 radical (unpaired) electrons. The first-order chi connectivity index (χ1) is 5.65. The fourth-order valence-corrected chi connectivity index (χ4v) is 1.12. The Morgan fingerprint density at radius 3 is 2.67 bits per heavy atom. The highest BCUT2D eigenvalue weighted by atomic mass is 79.9. The number of halogens is 1. The van der Waals surface area contributed by atoms with Crippen molar-refractivity contribution in [3.63, 3.8) is 0 Å². The summed E-state index contributed by atoms with van der Waals surface area (Å²) in [6, 6.07) is 4.70. The van der Waals surface area contributed by atoms with Gasteiger partial charge in [0.1, 0.15) is 5.75 Å². The summed E-state index contributed by atoms with van der Waals surface area (Å²) in [5.41, 5.74) is 5.58. The fraction of sp³-hybridized carbons (Fsp3) is 0. The summed E-state index contributed by atoms with van der Waals surface area (Å²) < 4.78 is 0.731. The Balaban J connectivity index is 3.18. The van der Waals surface area contributed by atoms with E-state index in [1.165, 1.54) is 6.07 Å². The lowest BCUT2D eigenvalue weighted by Gasteiger charge is -2.01. The summed E-state index contributed by atoms with van der Waals surface area (Å²) in [6.07, 6.45) is 0. The van der Waals surface area contributed by atoms with Gasteiger partial charge in [0.25, 0.3) is 0 Å². The molecule has 0 saturated heterocycles. The number of amidine groups is 1. The van der Waals surface area contributed by atoms with Crippen LogP contribution in [-0.2, 0) is 0 Å². The predicted molar refractivity (Wildman–Crippen MR) is 48.3 cm³/mol. The van der Waals surface area contributed by atoms with Gasteiger partial charge in [-0.1, -0.05) is 21.1 Å². The second kappa shape index (κ2) is 3.44. The molecule has 1 aromatic carbocycles. The molecular weight excluding hydrogens is 224 g/mol. The summed E-state index contributed by atoms with van der Waals surface area (Å²) >= 11 is 3.16. The Bertz CT molecular complexity index is 325. The lowest BCUT2D eigenvalue weighted by atomic mass is 10.2. The number of benzene rings is 1. The van der Waals surface area contributed by atoms with Crippen molar-refractivity contribution in [3.8, 4) is 5.75 Å². The average Bonchev–Trinajstić information content (AvgIpc) is 2.03. The fourth-order valence-electron chi connectivity index (χ4n) is 0.775. The van der Waals surface area contributed by atoms with Gasteiger partial charge in [0.05, 0.1) is 5.56 Å². The molecule has 0 heterocycles. The molecular formula is C7H7BrN2O2. The van der Waals surface area contributed by atoms with Crippen molar-refractivity contribution in [1.82, 2.24) is 0 Å². The molecule has 0 bridgehead atoms. The van der Waals surface area contributed by atoms with Crippen LogP contribution in [0.15, 0.2) is 27.8 Å². The number of phenols is 1. The van der Waals surface area contributed by atoms with Crippen molar-refractivity contribution in [2.24, 2.45) is 10.9 Å². The van der Waals surface area contributed by atoms with E-state index < -0.39 is 0 Å². The van der Waals surface area contributed by atoms with Gasteiger partial charge in [-0.2, -0.15) is 0 Å². The van der Waals surface area contributed by atoms with E-state index in [1.54, 1.807) is 12.1 Å². The summed E-state index contributed by atoms with van der Waals surface area (Å²) in [5, 5.41) is 20.4. The highest BCUT2D eigenvalue weighted by molar-refractivity contribution is 9.10. The molecule has 5 heteroatoms. The van der Waals surface area contributed by atoms with Crippen molar-refractivity contribution in [2.75, 3.05) is 0 Å². The Labute approximate surface area is 77.4 Å². The molecule has 0 amide bonds. The largest absolute Gasteiger partial charge is 0.507 e. The molecule has 1 rings (SSSR count). The quantitative estimate of drug-likeness (QED) is 0.294. The van der Waals surface area contributed by atoms with E-state index in [-0.39, 0.29) is 11.6 Å². The van der Waals surface area contributed by atoms with Crippen LogP contribution in [0.4, 0.5) is 0 Å². The Kier molecular flexibility index (Phi) is 2.54.